The molecule has 128 valence electrons. The number of rotatable bonds is 7. The van der Waals surface area contributed by atoms with Crippen molar-refractivity contribution in [3.05, 3.63) is 29.8 Å². The maximum atomic E-state index is 11.3. The number of methoxy groups -OCH3 is 1. The van der Waals surface area contributed by atoms with Crippen LogP contribution in [0.2, 0.25) is 0 Å². The second-order valence-electron chi connectivity index (χ2n) is 6.21. The van der Waals surface area contributed by atoms with Crippen molar-refractivity contribution in [2.45, 2.75) is 44.7 Å². The predicted molar refractivity (Wildman–Crippen MR) is 90.5 cm³/mol. The lowest BCUT2D eigenvalue weighted by molar-refractivity contribution is -0.142. The molecule has 0 bridgehead atoms. The summed E-state index contributed by atoms with van der Waals surface area (Å²) in [5.74, 6) is 0.464. The van der Waals surface area contributed by atoms with E-state index in [1.165, 1.54) is 32.9 Å². The van der Waals surface area contributed by atoms with Crippen LogP contribution >= 0.6 is 0 Å². The van der Waals surface area contributed by atoms with Crippen LogP contribution in [-0.2, 0) is 16.0 Å². The molecule has 1 heterocycles. The molecule has 5 nitrogen and oxygen atoms in total. The molecule has 1 aliphatic rings. The highest BCUT2D eigenvalue weighted by Crippen LogP contribution is 2.17. The zero-order chi connectivity index (χ0) is 16.7. The van der Waals surface area contributed by atoms with Gasteiger partial charge in [0.25, 0.3) is 0 Å². The number of hydrogen-bond donors (Lipinski definition) is 1. The first-order valence-corrected chi connectivity index (χ1v) is 8.39. The highest BCUT2D eigenvalue weighted by Gasteiger charge is 2.17. The normalized spacial score (nSPS) is 20.0. The fraction of sp³-hybridized carbons (Fsp3) is 0.611. The van der Waals surface area contributed by atoms with E-state index < -0.39 is 6.04 Å². The molecular formula is C18H28N2O3. The Bertz CT molecular complexity index is 490. The molecule has 0 saturated carbocycles. The van der Waals surface area contributed by atoms with Crippen molar-refractivity contribution in [1.82, 2.24) is 4.90 Å². The number of nitrogens with zero attached hydrogens (tertiary/aromatic N) is 1. The van der Waals surface area contributed by atoms with Gasteiger partial charge in [-0.05, 0) is 50.4 Å². The predicted octanol–water partition coefficient (Wildman–Crippen LogP) is 1.98. The lowest BCUT2D eigenvalue weighted by Gasteiger charge is -2.33. The molecule has 0 aliphatic carbocycles. The van der Waals surface area contributed by atoms with Crippen LogP contribution in [0.3, 0.4) is 0 Å². The third kappa shape index (κ3) is 5.52. The van der Waals surface area contributed by atoms with Crippen LogP contribution in [0.4, 0.5) is 0 Å². The van der Waals surface area contributed by atoms with Gasteiger partial charge in [-0.2, -0.15) is 0 Å². The Morgan fingerprint density at radius 3 is 2.74 bits per heavy atom. The van der Waals surface area contributed by atoms with Crippen LogP contribution < -0.4 is 10.5 Å². The van der Waals surface area contributed by atoms with E-state index in [4.69, 9.17) is 10.5 Å². The minimum atomic E-state index is -0.618. The largest absolute Gasteiger partial charge is 0.492 e. The molecule has 0 spiro atoms. The molecule has 1 aromatic rings. The quantitative estimate of drug-likeness (QED) is 0.778. The van der Waals surface area contributed by atoms with E-state index in [0.29, 0.717) is 19.1 Å². The van der Waals surface area contributed by atoms with E-state index in [0.717, 1.165) is 17.9 Å². The van der Waals surface area contributed by atoms with Crippen LogP contribution in [0.15, 0.2) is 24.3 Å². The first-order chi connectivity index (χ1) is 11.1. The van der Waals surface area contributed by atoms with Crippen molar-refractivity contribution in [3.63, 3.8) is 0 Å². The Morgan fingerprint density at radius 2 is 2.09 bits per heavy atom. The van der Waals surface area contributed by atoms with Crippen LogP contribution in [0.1, 0.15) is 31.7 Å². The summed E-state index contributed by atoms with van der Waals surface area (Å²) in [5.41, 5.74) is 6.76. The number of esters is 1. The smallest absolute Gasteiger partial charge is 0.322 e. The van der Waals surface area contributed by atoms with Gasteiger partial charge in [0.1, 0.15) is 18.4 Å². The standard InChI is InChI=1S/C18H28N2O3/c1-14-5-3-4-10-20(14)11-12-23-16-8-6-15(7-9-16)13-17(19)18(21)22-2/h6-9,14,17H,3-5,10-13,19H2,1-2H3. The Morgan fingerprint density at radius 1 is 1.35 bits per heavy atom. The summed E-state index contributed by atoms with van der Waals surface area (Å²) in [6.07, 6.45) is 4.39. The average molecular weight is 320 g/mol. The molecule has 1 aliphatic heterocycles. The zero-order valence-electron chi connectivity index (χ0n) is 14.2. The van der Waals surface area contributed by atoms with E-state index in [1.54, 1.807) is 0 Å². The van der Waals surface area contributed by atoms with Gasteiger partial charge in [-0.15, -0.1) is 0 Å². The van der Waals surface area contributed by atoms with Crippen molar-refractivity contribution >= 4 is 5.97 Å². The summed E-state index contributed by atoms with van der Waals surface area (Å²) < 4.78 is 10.5. The van der Waals surface area contributed by atoms with Crippen LogP contribution in [0, 0.1) is 0 Å². The van der Waals surface area contributed by atoms with Crippen LogP contribution in [-0.4, -0.2) is 49.8 Å². The average Bonchev–Trinajstić information content (AvgIpc) is 2.57. The van der Waals surface area contributed by atoms with Gasteiger partial charge in [0.15, 0.2) is 0 Å². The van der Waals surface area contributed by atoms with Crippen molar-refractivity contribution in [2.75, 3.05) is 26.8 Å². The van der Waals surface area contributed by atoms with E-state index in [2.05, 4.69) is 16.6 Å². The molecule has 1 aromatic carbocycles. The highest BCUT2D eigenvalue weighted by molar-refractivity contribution is 5.75. The van der Waals surface area contributed by atoms with Crippen molar-refractivity contribution < 1.29 is 14.3 Å². The number of ether oxygens (including phenoxy) is 2. The maximum Gasteiger partial charge on any atom is 0.322 e. The van der Waals surface area contributed by atoms with Gasteiger partial charge in [-0.1, -0.05) is 18.6 Å². The van der Waals surface area contributed by atoms with Crippen LogP contribution in [0.5, 0.6) is 5.75 Å². The third-order valence-corrected chi connectivity index (χ3v) is 4.47. The fourth-order valence-corrected chi connectivity index (χ4v) is 2.98. The first kappa shape index (κ1) is 17.8. The van der Waals surface area contributed by atoms with Crippen LogP contribution in [0.25, 0.3) is 0 Å². The molecule has 1 saturated heterocycles. The summed E-state index contributed by atoms with van der Waals surface area (Å²) in [5, 5.41) is 0. The Hall–Kier alpha value is -1.59. The SMILES string of the molecule is COC(=O)C(N)Cc1ccc(OCCN2CCCCC2C)cc1. The monoisotopic (exact) mass is 320 g/mol. The summed E-state index contributed by atoms with van der Waals surface area (Å²) in [7, 11) is 1.35. The Kier molecular flexibility index (Phi) is 6.86. The van der Waals surface area contributed by atoms with Gasteiger partial charge in [0, 0.05) is 12.6 Å². The van der Waals surface area contributed by atoms with E-state index in [9.17, 15) is 4.79 Å². The van der Waals surface area contributed by atoms with Crippen molar-refractivity contribution in [3.8, 4) is 5.75 Å². The van der Waals surface area contributed by atoms with Gasteiger partial charge in [-0.3, -0.25) is 9.69 Å². The number of hydrogen-bond acceptors (Lipinski definition) is 5. The molecule has 1 fully saturated rings. The molecule has 2 unspecified atom stereocenters. The number of nitrogens with two attached hydrogens (primary N) is 1. The molecule has 23 heavy (non-hydrogen) atoms. The van der Waals surface area contributed by atoms with Gasteiger partial charge in [0.2, 0.25) is 0 Å². The fourth-order valence-electron chi connectivity index (χ4n) is 2.98. The third-order valence-electron chi connectivity index (χ3n) is 4.47. The Balaban J connectivity index is 1.75. The Labute approximate surface area is 138 Å². The molecular weight excluding hydrogens is 292 g/mol. The molecule has 2 rings (SSSR count). The van der Waals surface area contributed by atoms with Gasteiger partial charge >= 0.3 is 5.97 Å². The minimum absolute atomic E-state index is 0.388. The lowest BCUT2D eigenvalue weighted by atomic mass is 10.0. The highest BCUT2D eigenvalue weighted by atomic mass is 16.5. The molecule has 0 amide bonds. The molecule has 2 atom stereocenters. The van der Waals surface area contributed by atoms with E-state index >= 15 is 0 Å². The number of carbonyl (C=O) groups excluding carboxylic acids is 1. The molecule has 0 aromatic heterocycles. The van der Waals surface area contributed by atoms with E-state index in [-0.39, 0.29) is 5.97 Å². The van der Waals surface area contributed by atoms with Crippen molar-refractivity contribution in [1.29, 1.82) is 0 Å². The first-order valence-electron chi connectivity index (χ1n) is 8.39. The van der Waals surface area contributed by atoms with Gasteiger partial charge in [0.05, 0.1) is 7.11 Å². The van der Waals surface area contributed by atoms with Crippen molar-refractivity contribution in [2.24, 2.45) is 5.73 Å². The van der Waals surface area contributed by atoms with E-state index in [1.807, 2.05) is 24.3 Å². The summed E-state index contributed by atoms with van der Waals surface area (Å²) >= 11 is 0. The van der Waals surface area contributed by atoms with Gasteiger partial charge in [-0.25, -0.2) is 0 Å². The number of likely N-dealkylation sites (tertiary alicyclic amines) is 1. The summed E-state index contributed by atoms with van der Waals surface area (Å²) in [6, 6.07) is 7.79. The maximum absolute atomic E-state index is 11.3. The number of carbonyl (C=O) groups is 1. The molecule has 0 radical (unpaired) electrons. The second-order valence-corrected chi connectivity index (χ2v) is 6.21. The molecule has 5 heteroatoms. The minimum Gasteiger partial charge on any atom is -0.492 e. The second kappa shape index (κ2) is 8.89. The molecule has 2 N–H and O–H groups in total. The topological polar surface area (TPSA) is 64.8 Å². The number of piperidine rings is 1. The lowest BCUT2D eigenvalue weighted by Crippen LogP contribution is -2.39. The van der Waals surface area contributed by atoms with Gasteiger partial charge < -0.3 is 15.2 Å². The summed E-state index contributed by atoms with van der Waals surface area (Å²) in [4.78, 5) is 13.8. The summed E-state index contributed by atoms with van der Waals surface area (Å²) in [6.45, 7) is 5.13. The zero-order valence-corrected chi connectivity index (χ0v) is 14.2. The number of benzene rings is 1.